The van der Waals surface area contributed by atoms with Crippen LogP contribution in [0.15, 0.2) is 60.8 Å². The molecule has 2 aliphatic rings. The van der Waals surface area contributed by atoms with Crippen molar-refractivity contribution < 1.29 is 9.59 Å². The first-order chi connectivity index (χ1) is 14.2. The average molecular weight is 388 g/mol. The Morgan fingerprint density at radius 3 is 2.28 bits per heavy atom. The van der Waals surface area contributed by atoms with Crippen LogP contribution in [-0.2, 0) is 0 Å². The molecule has 1 aliphatic heterocycles. The highest BCUT2D eigenvalue weighted by molar-refractivity contribution is 5.95. The molecule has 1 aliphatic carbocycles. The van der Waals surface area contributed by atoms with Gasteiger partial charge in [0, 0.05) is 49.5 Å². The fraction of sp³-hybridized carbons (Fsp3) is 0.304. The molecule has 5 rings (SSSR count). The van der Waals surface area contributed by atoms with Crippen molar-refractivity contribution in [3.05, 3.63) is 71.9 Å². The van der Waals surface area contributed by atoms with E-state index in [0.29, 0.717) is 24.7 Å². The van der Waals surface area contributed by atoms with Gasteiger partial charge in [0.1, 0.15) is 5.82 Å². The number of aromatic nitrogens is 1. The van der Waals surface area contributed by atoms with Crippen molar-refractivity contribution in [1.29, 1.82) is 0 Å². The standard InChI is InChI=1S/C23H24N4O2/c28-22(24-19-7-8-19)18-6-9-20-10-11-21(27(20)16-18)25-12-14-26(15-13-25)23(29)17-4-2-1-3-5-17/h1-6,9-11,16,19H,7-8,12-15H2,(H,24,28). The van der Waals surface area contributed by atoms with Crippen LogP contribution in [0.25, 0.3) is 5.52 Å². The van der Waals surface area contributed by atoms with Crippen LogP contribution in [0.3, 0.4) is 0 Å². The van der Waals surface area contributed by atoms with Crippen LogP contribution < -0.4 is 10.2 Å². The normalized spacial score (nSPS) is 16.8. The van der Waals surface area contributed by atoms with Gasteiger partial charge in [-0.15, -0.1) is 0 Å². The topological polar surface area (TPSA) is 57.1 Å². The van der Waals surface area contributed by atoms with Crippen LogP contribution in [-0.4, -0.2) is 53.3 Å². The molecular weight excluding hydrogens is 364 g/mol. The van der Waals surface area contributed by atoms with Crippen molar-refractivity contribution in [3.8, 4) is 0 Å². The summed E-state index contributed by atoms with van der Waals surface area (Å²) in [5.41, 5.74) is 2.48. The monoisotopic (exact) mass is 388 g/mol. The van der Waals surface area contributed by atoms with Crippen molar-refractivity contribution in [2.45, 2.75) is 18.9 Å². The summed E-state index contributed by atoms with van der Waals surface area (Å²) in [7, 11) is 0. The zero-order valence-corrected chi connectivity index (χ0v) is 16.3. The van der Waals surface area contributed by atoms with Gasteiger partial charge in [0.2, 0.25) is 0 Å². The van der Waals surface area contributed by atoms with Gasteiger partial charge in [-0.1, -0.05) is 18.2 Å². The van der Waals surface area contributed by atoms with Crippen LogP contribution in [0.5, 0.6) is 0 Å². The highest BCUT2D eigenvalue weighted by Gasteiger charge is 2.25. The number of carbonyl (C=O) groups is 2. The zero-order chi connectivity index (χ0) is 19.8. The maximum atomic E-state index is 12.7. The molecule has 1 saturated heterocycles. The van der Waals surface area contributed by atoms with Crippen molar-refractivity contribution in [1.82, 2.24) is 14.6 Å². The summed E-state index contributed by atoms with van der Waals surface area (Å²) >= 11 is 0. The second-order valence-corrected chi connectivity index (χ2v) is 7.80. The number of anilines is 1. The number of hydrogen-bond acceptors (Lipinski definition) is 3. The van der Waals surface area contributed by atoms with Crippen molar-refractivity contribution in [3.63, 3.8) is 0 Å². The van der Waals surface area contributed by atoms with E-state index >= 15 is 0 Å². The Labute approximate surface area is 169 Å². The average Bonchev–Trinajstić information content (AvgIpc) is 3.49. The fourth-order valence-corrected chi connectivity index (χ4v) is 3.88. The first-order valence-corrected chi connectivity index (χ1v) is 10.2. The first kappa shape index (κ1) is 17.8. The first-order valence-electron chi connectivity index (χ1n) is 10.2. The molecular formula is C23H24N4O2. The lowest BCUT2D eigenvalue weighted by Crippen LogP contribution is -2.49. The summed E-state index contributed by atoms with van der Waals surface area (Å²) in [6.07, 6.45) is 4.08. The van der Waals surface area contributed by atoms with E-state index < -0.39 is 0 Å². The molecule has 2 amide bonds. The van der Waals surface area contributed by atoms with E-state index in [-0.39, 0.29) is 11.8 Å². The number of pyridine rings is 1. The van der Waals surface area contributed by atoms with E-state index in [9.17, 15) is 9.59 Å². The molecule has 0 spiro atoms. The lowest BCUT2D eigenvalue weighted by atomic mass is 10.2. The number of amides is 2. The maximum Gasteiger partial charge on any atom is 0.253 e. The molecule has 3 aromatic rings. The van der Waals surface area contributed by atoms with Gasteiger partial charge in [0.15, 0.2) is 0 Å². The predicted octanol–water partition coefficient (Wildman–Crippen LogP) is 2.79. The maximum absolute atomic E-state index is 12.7. The highest BCUT2D eigenvalue weighted by atomic mass is 16.2. The molecule has 1 saturated carbocycles. The van der Waals surface area contributed by atoms with Gasteiger partial charge in [-0.05, 0) is 49.2 Å². The van der Waals surface area contributed by atoms with Crippen molar-refractivity contribution in [2.24, 2.45) is 0 Å². The smallest absolute Gasteiger partial charge is 0.253 e. The summed E-state index contributed by atoms with van der Waals surface area (Å²) in [6.45, 7) is 2.90. The van der Waals surface area contributed by atoms with Crippen molar-refractivity contribution >= 4 is 23.1 Å². The Balaban J connectivity index is 1.31. The van der Waals surface area contributed by atoms with Crippen LogP contribution in [0.2, 0.25) is 0 Å². The van der Waals surface area contributed by atoms with Crippen LogP contribution >= 0.6 is 0 Å². The van der Waals surface area contributed by atoms with Gasteiger partial charge in [-0.25, -0.2) is 0 Å². The van der Waals surface area contributed by atoms with Crippen molar-refractivity contribution in [2.75, 3.05) is 31.1 Å². The number of benzene rings is 1. The van der Waals surface area contributed by atoms with Gasteiger partial charge < -0.3 is 19.5 Å². The second kappa shape index (κ2) is 7.28. The summed E-state index contributed by atoms with van der Waals surface area (Å²) in [5.74, 6) is 1.14. The van der Waals surface area contributed by atoms with E-state index in [1.54, 1.807) is 0 Å². The summed E-state index contributed by atoms with van der Waals surface area (Å²) in [5, 5.41) is 3.05. The Hall–Kier alpha value is -3.28. The number of hydrogen-bond donors (Lipinski definition) is 1. The predicted molar refractivity (Wildman–Crippen MR) is 112 cm³/mol. The SMILES string of the molecule is O=C(NC1CC1)c1ccc2ccc(N3CCN(C(=O)c4ccccc4)CC3)n2c1. The van der Waals surface area contributed by atoms with Gasteiger partial charge >= 0.3 is 0 Å². The molecule has 148 valence electrons. The molecule has 6 nitrogen and oxygen atoms in total. The molecule has 29 heavy (non-hydrogen) atoms. The Morgan fingerprint density at radius 1 is 0.828 bits per heavy atom. The third-order valence-corrected chi connectivity index (χ3v) is 5.72. The summed E-state index contributed by atoms with van der Waals surface area (Å²) in [4.78, 5) is 29.3. The molecule has 0 radical (unpaired) electrons. The number of rotatable bonds is 4. The lowest BCUT2D eigenvalue weighted by Gasteiger charge is -2.36. The largest absolute Gasteiger partial charge is 0.354 e. The highest BCUT2D eigenvalue weighted by Crippen LogP contribution is 2.23. The molecule has 0 atom stereocenters. The fourth-order valence-electron chi connectivity index (χ4n) is 3.88. The van der Waals surface area contributed by atoms with E-state index in [4.69, 9.17) is 0 Å². The quantitative estimate of drug-likeness (QED) is 0.748. The molecule has 1 aromatic carbocycles. The minimum absolute atomic E-state index is 0.00710. The molecule has 0 bridgehead atoms. The Morgan fingerprint density at radius 2 is 1.55 bits per heavy atom. The molecule has 2 aromatic heterocycles. The van der Waals surface area contributed by atoms with Gasteiger partial charge in [-0.3, -0.25) is 9.59 Å². The van der Waals surface area contributed by atoms with E-state index in [0.717, 1.165) is 42.8 Å². The van der Waals surface area contributed by atoms with E-state index in [1.807, 2.05) is 53.6 Å². The second-order valence-electron chi connectivity index (χ2n) is 7.80. The Kier molecular flexibility index (Phi) is 4.46. The van der Waals surface area contributed by atoms with Gasteiger partial charge in [0.05, 0.1) is 5.56 Å². The van der Waals surface area contributed by atoms with E-state index in [1.165, 1.54) is 0 Å². The van der Waals surface area contributed by atoms with E-state index in [2.05, 4.69) is 26.8 Å². The number of fused-ring (bicyclic) bond motifs is 1. The molecule has 2 fully saturated rings. The summed E-state index contributed by atoms with van der Waals surface area (Å²) < 4.78 is 2.08. The minimum Gasteiger partial charge on any atom is -0.354 e. The minimum atomic E-state index is -0.00710. The molecule has 1 N–H and O–H groups in total. The molecule has 0 unspecified atom stereocenters. The zero-order valence-electron chi connectivity index (χ0n) is 16.3. The molecule has 3 heterocycles. The van der Waals surface area contributed by atoms with Crippen LogP contribution in [0.1, 0.15) is 33.6 Å². The molecule has 6 heteroatoms. The van der Waals surface area contributed by atoms with Crippen LogP contribution in [0, 0.1) is 0 Å². The third kappa shape index (κ3) is 3.58. The number of nitrogens with one attached hydrogen (secondary N) is 1. The van der Waals surface area contributed by atoms with Gasteiger partial charge in [0.25, 0.3) is 11.8 Å². The Bertz CT molecular complexity index is 1050. The third-order valence-electron chi connectivity index (χ3n) is 5.72. The van der Waals surface area contributed by atoms with Gasteiger partial charge in [-0.2, -0.15) is 0 Å². The number of carbonyl (C=O) groups excluding carboxylic acids is 2. The lowest BCUT2D eigenvalue weighted by molar-refractivity contribution is 0.0746. The van der Waals surface area contributed by atoms with Crippen LogP contribution in [0.4, 0.5) is 5.82 Å². The summed E-state index contributed by atoms with van der Waals surface area (Å²) in [6, 6.07) is 17.8. The number of nitrogens with zero attached hydrogens (tertiary/aromatic N) is 3. The number of piperazine rings is 1.